The SMILES string of the molecule is COc1ccc2c(c1)CCC1C2CCC2(C)C1CCC2(O)C#CCl. The van der Waals surface area contributed by atoms with Crippen LogP contribution < -0.4 is 4.74 Å². The highest BCUT2D eigenvalue weighted by Crippen LogP contribution is 2.64. The topological polar surface area (TPSA) is 29.5 Å². The molecular weight excluding hydrogens is 320 g/mol. The smallest absolute Gasteiger partial charge is 0.132 e. The lowest BCUT2D eigenvalue weighted by atomic mass is 9.53. The maximum Gasteiger partial charge on any atom is 0.132 e. The first kappa shape index (κ1) is 16.3. The van der Waals surface area contributed by atoms with Crippen LogP contribution in [0.4, 0.5) is 0 Å². The second kappa shape index (κ2) is 5.68. The fourth-order valence-electron chi connectivity index (χ4n) is 5.99. The molecule has 0 bridgehead atoms. The second-order valence-electron chi connectivity index (χ2n) is 8.05. The molecular formula is C21H25ClO2. The number of ether oxygens (including phenoxy) is 1. The van der Waals surface area contributed by atoms with E-state index in [0.29, 0.717) is 17.8 Å². The molecule has 128 valence electrons. The molecule has 3 aliphatic rings. The van der Waals surface area contributed by atoms with Crippen molar-refractivity contribution >= 4 is 11.6 Å². The van der Waals surface area contributed by atoms with Gasteiger partial charge in [0.25, 0.3) is 0 Å². The molecule has 1 N–H and O–H groups in total. The van der Waals surface area contributed by atoms with Gasteiger partial charge < -0.3 is 9.84 Å². The van der Waals surface area contributed by atoms with Gasteiger partial charge in [0.2, 0.25) is 0 Å². The van der Waals surface area contributed by atoms with Crippen LogP contribution in [0.3, 0.4) is 0 Å². The summed E-state index contributed by atoms with van der Waals surface area (Å²) in [5, 5.41) is 13.6. The van der Waals surface area contributed by atoms with Crippen molar-refractivity contribution in [3.8, 4) is 17.0 Å². The first-order valence-corrected chi connectivity index (χ1v) is 9.42. The maximum absolute atomic E-state index is 11.1. The van der Waals surface area contributed by atoms with E-state index < -0.39 is 5.60 Å². The maximum atomic E-state index is 11.1. The van der Waals surface area contributed by atoms with Crippen molar-refractivity contribution < 1.29 is 9.84 Å². The highest BCUT2D eigenvalue weighted by atomic mass is 35.5. The average Bonchev–Trinajstić information content (AvgIpc) is 2.86. The predicted octanol–water partition coefficient (Wildman–Crippen LogP) is 4.48. The van der Waals surface area contributed by atoms with Gasteiger partial charge in [-0.15, -0.1) is 0 Å². The number of benzene rings is 1. The van der Waals surface area contributed by atoms with Gasteiger partial charge >= 0.3 is 0 Å². The zero-order valence-corrected chi connectivity index (χ0v) is 15.2. The summed E-state index contributed by atoms with van der Waals surface area (Å²) in [7, 11) is 1.73. The van der Waals surface area contributed by atoms with Crippen molar-refractivity contribution in [2.75, 3.05) is 7.11 Å². The summed E-state index contributed by atoms with van der Waals surface area (Å²) in [6, 6.07) is 6.58. The number of rotatable bonds is 1. The lowest BCUT2D eigenvalue weighted by molar-refractivity contribution is -0.0647. The number of aryl methyl sites for hydroxylation is 1. The monoisotopic (exact) mass is 344 g/mol. The van der Waals surface area contributed by atoms with Crippen molar-refractivity contribution in [2.24, 2.45) is 17.3 Å². The summed E-state index contributed by atoms with van der Waals surface area (Å²) in [6.07, 6.45) is 6.28. The standard InChI is InChI=1S/C21H25ClO2/c1-20-9-7-17-16-6-4-15(24-2)13-14(16)3-5-18(17)19(20)8-10-21(20,23)11-12-22/h4,6,13,17-19,23H,3,5,7-10H2,1-2H3. The van der Waals surface area contributed by atoms with Gasteiger partial charge in [0.05, 0.1) is 7.11 Å². The Bertz CT molecular complexity index is 718. The number of aliphatic hydroxyl groups is 1. The van der Waals surface area contributed by atoms with Crippen LogP contribution in [0.15, 0.2) is 18.2 Å². The van der Waals surface area contributed by atoms with Crippen molar-refractivity contribution in [1.82, 2.24) is 0 Å². The van der Waals surface area contributed by atoms with Gasteiger partial charge in [0, 0.05) is 10.8 Å². The van der Waals surface area contributed by atoms with Crippen molar-refractivity contribution in [1.29, 1.82) is 0 Å². The largest absolute Gasteiger partial charge is 0.497 e. The average molecular weight is 345 g/mol. The molecule has 5 unspecified atom stereocenters. The van der Waals surface area contributed by atoms with Crippen LogP contribution >= 0.6 is 11.6 Å². The summed E-state index contributed by atoms with van der Waals surface area (Å²) >= 11 is 5.66. The molecule has 5 atom stereocenters. The van der Waals surface area contributed by atoms with Crippen LogP contribution in [-0.2, 0) is 6.42 Å². The number of fused-ring (bicyclic) bond motifs is 5. The fraction of sp³-hybridized carbons (Fsp3) is 0.619. The second-order valence-corrected chi connectivity index (χ2v) is 8.24. The minimum atomic E-state index is -0.912. The molecule has 4 rings (SSSR count). The third-order valence-electron chi connectivity index (χ3n) is 7.34. The van der Waals surface area contributed by atoms with E-state index in [9.17, 15) is 5.11 Å². The van der Waals surface area contributed by atoms with Crippen LogP contribution in [0.1, 0.15) is 56.1 Å². The Balaban J connectivity index is 1.69. The molecule has 2 fully saturated rings. The zero-order valence-electron chi connectivity index (χ0n) is 14.4. The van der Waals surface area contributed by atoms with Gasteiger partial charge in [0.1, 0.15) is 11.4 Å². The molecule has 0 radical (unpaired) electrons. The first-order valence-electron chi connectivity index (χ1n) is 9.04. The Morgan fingerprint density at radius 2 is 2.08 bits per heavy atom. The van der Waals surface area contributed by atoms with Gasteiger partial charge in [-0.25, -0.2) is 0 Å². The predicted molar refractivity (Wildman–Crippen MR) is 96.2 cm³/mol. The van der Waals surface area contributed by atoms with Gasteiger partial charge in [-0.1, -0.05) is 18.9 Å². The quantitative estimate of drug-likeness (QED) is 0.761. The van der Waals surface area contributed by atoms with Crippen LogP contribution in [0, 0.1) is 28.6 Å². The first-order chi connectivity index (χ1) is 11.5. The summed E-state index contributed by atoms with van der Waals surface area (Å²) in [5.74, 6) is 5.70. The molecule has 0 heterocycles. The Morgan fingerprint density at radius 3 is 2.83 bits per heavy atom. The summed E-state index contributed by atoms with van der Waals surface area (Å²) in [6.45, 7) is 2.24. The van der Waals surface area contributed by atoms with Crippen molar-refractivity contribution in [3.05, 3.63) is 29.3 Å². The van der Waals surface area contributed by atoms with Crippen molar-refractivity contribution in [3.63, 3.8) is 0 Å². The molecule has 3 heteroatoms. The number of halogens is 1. The Labute approximate surface area is 149 Å². The lowest BCUT2D eigenvalue weighted by Crippen LogP contribution is -2.50. The highest BCUT2D eigenvalue weighted by molar-refractivity contribution is 6.30. The molecule has 2 saturated carbocycles. The van der Waals surface area contributed by atoms with E-state index in [1.54, 1.807) is 7.11 Å². The Hall–Kier alpha value is -1.17. The van der Waals surface area contributed by atoms with Crippen molar-refractivity contribution in [2.45, 2.75) is 57.0 Å². The molecule has 3 aliphatic carbocycles. The van der Waals surface area contributed by atoms with E-state index in [1.165, 1.54) is 17.5 Å². The number of hydrogen-bond donors (Lipinski definition) is 1. The fourth-order valence-corrected chi connectivity index (χ4v) is 6.14. The molecule has 0 aliphatic heterocycles. The van der Waals surface area contributed by atoms with Crippen LogP contribution in [0.25, 0.3) is 0 Å². The molecule has 2 nitrogen and oxygen atoms in total. The molecule has 0 spiro atoms. The summed E-state index contributed by atoms with van der Waals surface area (Å²) in [4.78, 5) is 0. The summed E-state index contributed by atoms with van der Waals surface area (Å²) in [5.41, 5.74) is 1.92. The van der Waals surface area contributed by atoms with E-state index in [1.807, 2.05) is 0 Å². The van der Waals surface area contributed by atoms with Gasteiger partial charge in [-0.2, -0.15) is 0 Å². The van der Waals surface area contributed by atoms with Gasteiger partial charge in [0.15, 0.2) is 0 Å². The number of methoxy groups -OCH3 is 1. The molecule has 1 aromatic carbocycles. The molecule has 0 amide bonds. The Kier molecular flexibility index (Phi) is 3.86. The van der Waals surface area contributed by atoms with Gasteiger partial charge in [-0.3, -0.25) is 0 Å². The summed E-state index contributed by atoms with van der Waals surface area (Å²) < 4.78 is 5.40. The van der Waals surface area contributed by atoms with Crippen LogP contribution in [0.2, 0.25) is 0 Å². The molecule has 0 saturated heterocycles. The van der Waals surface area contributed by atoms with E-state index >= 15 is 0 Å². The third-order valence-corrected chi connectivity index (χ3v) is 7.43. The van der Waals surface area contributed by atoms with E-state index in [-0.39, 0.29) is 5.41 Å². The highest BCUT2D eigenvalue weighted by Gasteiger charge is 2.61. The third kappa shape index (κ3) is 2.14. The van der Waals surface area contributed by atoms with E-state index in [0.717, 1.165) is 37.9 Å². The van der Waals surface area contributed by atoms with E-state index in [4.69, 9.17) is 16.3 Å². The van der Waals surface area contributed by atoms with Crippen LogP contribution in [-0.4, -0.2) is 17.8 Å². The molecule has 0 aromatic heterocycles. The normalized spacial score (nSPS) is 39.9. The molecule has 24 heavy (non-hydrogen) atoms. The minimum absolute atomic E-state index is 0.125. The Morgan fingerprint density at radius 1 is 1.25 bits per heavy atom. The van der Waals surface area contributed by atoms with Gasteiger partial charge in [-0.05, 0) is 91.1 Å². The molecule has 1 aromatic rings. The zero-order chi connectivity index (χ0) is 16.9. The lowest BCUT2D eigenvalue weighted by Gasteiger charge is -2.52. The minimum Gasteiger partial charge on any atom is -0.497 e. The van der Waals surface area contributed by atoms with E-state index in [2.05, 4.69) is 36.4 Å². The number of hydrogen-bond acceptors (Lipinski definition) is 2. The van der Waals surface area contributed by atoms with Crippen LogP contribution in [0.5, 0.6) is 5.75 Å².